The van der Waals surface area contributed by atoms with E-state index in [4.69, 9.17) is 12.2 Å². The van der Waals surface area contributed by atoms with Crippen LogP contribution in [0.4, 0.5) is 4.39 Å². The van der Waals surface area contributed by atoms with E-state index in [-0.39, 0.29) is 5.82 Å². The van der Waals surface area contributed by atoms with E-state index in [1.54, 1.807) is 19.1 Å². The van der Waals surface area contributed by atoms with Crippen molar-refractivity contribution in [3.05, 3.63) is 46.0 Å². The molecule has 1 aromatic heterocycles. The minimum absolute atomic E-state index is 0.198. The lowest BCUT2D eigenvalue weighted by Gasteiger charge is -2.06. The molecular weight excluding hydrogens is 247 g/mol. The number of hydrogen-bond acceptors (Lipinski definition) is 2. The minimum Gasteiger partial charge on any atom is -0.343 e. The van der Waals surface area contributed by atoms with E-state index in [9.17, 15) is 4.39 Å². The zero-order valence-electron chi connectivity index (χ0n) is 10.0. The first-order valence-electron chi connectivity index (χ1n) is 6.01. The molecule has 1 aromatic carbocycles. The van der Waals surface area contributed by atoms with E-state index in [1.807, 2.05) is 6.07 Å². The van der Waals surface area contributed by atoms with Crippen LogP contribution in [0.2, 0.25) is 0 Å². The Morgan fingerprint density at radius 3 is 2.78 bits per heavy atom. The van der Waals surface area contributed by atoms with E-state index in [0.29, 0.717) is 16.1 Å². The average molecular weight is 260 g/mol. The second-order valence-electron chi connectivity index (χ2n) is 4.76. The van der Waals surface area contributed by atoms with Gasteiger partial charge in [-0.05, 0) is 55.5 Å². The summed E-state index contributed by atoms with van der Waals surface area (Å²) in [7, 11) is 0. The van der Waals surface area contributed by atoms with Gasteiger partial charge < -0.3 is 4.98 Å². The Balaban J connectivity index is 2.09. The summed E-state index contributed by atoms with van der Waals surface area (Å²) in [6.45, 7) is 1.75. The molecule has 0 amide bonds. The second-order valence-corrected chi connectivity index (χ2v) is 5.18. The second kappa shape index (κ2) is 4.28. The van der Waals surface area contributed by atoms with Crippen LogP contribution in [0, 0.1) is 17.4 Å². The SMILES string of the molecule is Cc1cc(-c2nc(=S)cc(C3CC3)[nH]2)ccc1F. The molecule has 1 aliphatic rings. The van der Waals surface area contributed by atoms with Gasteiger partial charge in [-0.1, -0.05) is 12.2 Å². The molecule has 1 heterocycles. The number of H-pyrrole nitrogens is 1. The van der Waals surface area contributed by atoms with Crippen molar-refractivity contribution in [1.82, 2.24) is 9.97 Å². The highest BCUT2D eigenvalue weighted by Gasteiger charge is 2.24. The normalized spacial score (nSPS) is 14.8. The van der Waals surface area contributed by atoms with Crippen LogP contribution >= 0.6 is 12.2 Å². The maximum absolute atomic E-state index is 13.3. The predicted octanol–water partition coefficient (Wildman–Crippen LogP) is 4.13. The van der Waals surface area contributed by atoms with Gasteiger partial charge in [-0.15, -0.1) is 0 Å². The number of aromatic nitrogens is 2. The van der Waals surface area contributed by atoms with Crippen molar-refractivity contribution in [2.24, 2.45) is 0 Å². The topological polar surface area (TPSA) is 28.7 Å². The van der Waals surface area contributed by atoms with Crippen molar-refractivity contribution >= 4 is 12.2 Å². The van der Waals surface area contributed by atoms with E-state index in [2.05, 4.69) is 9.97 Å². The Morgan fingerprint density at radius 2 is 2.11 bits per heavy atom. The van der Waals surface area contributed by atoms with Gasteiger partial charge in [0.2, 0.25) is 0 Å². The average Bonchev–Trinajstić information content (AvgIpc) is 3.16. The summed E-state index contributed by atoms with van der Waals surface area (Å²) in [5, 5.41) is 0. The molecule has 1 N–H and O–H groups in total. The molecule has 92 valence electrons. The summed E-state index contributed by atoms with van der Waals surface area (Å²) in [4.78, 5) is 7.63. The fraction of sp³-hybridized carbons (Fsp3) is 0.286. The molecule has 0 bridgehead atoms. The molecule has 0 unspecified atom stereocenters. The largest absolute Gasteiger partial charge is 0.343 e. The minimum atomic E-state index is -0.198. The summed E-state index contributed by atoms with van der Waals surface area (Å²) in [6, 6.07) is 6.91. The van der Waals surface area contributed by atoms with Gasteiger partial charge in [-0.2, -0.15) is 0 Å². The molecule has 0 spiro atoms. The number of aryl methyl sites for hydroxylation is 1. The summed E-state index contributed by atoms with van der Waals surface area (Å²) in [5.41, 5.74) is 2.64. The molecular formula is C14H13FN2S. The Morgan fingerprint density at radius 1 is 1.33 bits per heavy atom. The first-order chi connectivity index (χ1) is 8.63. The summed E-state index contributed by atoms with van der Waals surface area (Å²) in [6.07, 6.45) is 2.41. The lowest BCUT2D eigenvalue weighted by atomic mass is 10.1. The first kappa shape index (κ1) is 11.5. The molecule has 0 atom stereocenters. The number of nitrogens with one attached hydrogen (secondary N) is 1. The van der Waals surface area contributed by atoms with Crippen LogP contribution in [0.15, 0.2) is 24.3 Å². The van der Waals surface area contributed by atoms with Gasteiger partial charge in [0, 0.05) is 11.3 Å². The highest BCUT2D eigenvalue weighted by Crippen LogP contribution is 2.39. The monoisotopic (exact) mass is 260 g/mol. The predicted molar refractivity (Wildman–Crippen MR) is 71.5 cm³/mol. The van der Waals surface area contributed by atoms with E-state index in [0.717, 1.165) is 17.1 Å². The van der Waals surface area contributed by atoms with Crippen LogP contribution < -0.4 is 0 Å². The number of benzene rings is 1. The summed E-state index contributed by atoms with van der Waals surface area (Å²) >= 11 is 5.19. The summed E-state index contributed by atoms with van der Waals surface area (Å²) < 4.78 is 13.9. The van der Waals surface area contributed by atoms with Gasteiger partial charge in [-0.25, -0.2) is 9.37 Å². The smallest absolute Gasteiger partial charge is 0.139 e. The lowest BCUT2D eigenvalue weighted by molar-refractivity contribution is 0.618. The third-order valence-electron chi connectivity index (χ3n) is 3.21. The number of halogens is 1. The van der Waals surface area contributed by atoms with Crippen molar-refractivity contribution in [2.75, 3.05) is 0 Å². The number of hydrogen-bond donors (Lipinski definition) is 1. The van der Waals surface area contributed by atoms with Crippen LogP contribution in [-0.4, -0.2) is 9.97 Å². The van der Waals surface area contributed by atoms with Gasteiger partial charge in [0.05, 0.1) is 0 Å². The molecule has 1 saturated carbocycles. The fourth-order valence-electron chi connectivity index (χ4n) is 2.02. The van der Waals surface area contributed by atoms with Crippen molar-refractivity contribution in [1.29, 1.82) is 0 Å². The third kappa shape index (κ3) is 2.20. The molecule has 2 aromatic rings. The number of nitrogens with zero attached hydrogens (tertiary/aromatic N) is 1. The fourth-order valence-corrected chi connectivity index (χ4v) is 2.24. The van der Waals surface area contributed by atoms with Crippen molar-refractivity contribution < 1.29 is 4.39 Å². The Labute approximate surface area is 110 Å². The van der Waals surface area contributed by atoms with Gasteiger partial charge in [0.15, 0.2) is 0 Å². The highest BCUT2D eigenvalue weighted by atomic mass is 32.1. The Kier molecular flexibility index (Phi) is 2.74. The maximum Gasteiger partial charge on any atom is 0.139 e. The van der Waals surface area contributed by atoms with E-state index in [1.165, 1.54) is 18.9 Å². The maximum atomic E-state index is 13.3. The quantitative estimate of drug-likeness (QED) is 0.822. The van der Waals surface area contributed by atoms with E-state index >= 15 is 0 Å². The first-order valence-corrected chi connectivity index (χ1v) is 6.42. The molecule has 1 fully saturated rings. The third-order valence-corrected chi connectivity index (χ3v) is 3.42. The lowest BCUT2D eigenvalue weighted by Crippen LogP contribution is -1.95. The summed E-state index contributed by atoms with van der Waals surface area (Å²) in [5.74, 6) is 1.12. The van der Waals surface area contributed by atoms with Crippen LogP contribution in [0.25, 0.3) is 11.4 Å². The van der Waals surface area contributed by atoms with Gasteiger partial charge in [-0.3, -0.25) is 0 Å². The Hall–Kier alpha value is -1.55. The number of aromatic amines is 1. The van der Waals surface area contributed by atoms with Gasteiger partial charge in [0.1, 0.15) is 16.3 Å². The van der Waals surface area contributed by atoms with Crippen molar-refractivity contribution in [3.63, 3.8) is 0 Å². The Bertz CT molecular complexity index is 659. The zero-order valence-corrected chi connectivity index (χ0v) is 10.9. The van der Waals surface area contributed by atoms with Crippen LogP contribution in [0.3, 0.4) is 0 Å². The van der Waals surface area contributed by atoms with E-state index < -0.39 is 0 Å². The molecule has 2 nitrogen and oxygen atoms in total. The molecule has 18 heavy (non-hydrogen) atoms. The number of rotatable bonds is 2. The highest BCUT2D eigenvalue weighted by molar-refractivity contribution is 7.71. The molecule has 1 aliphatic carbocycles. The molecule has 0 aliphatic heterocycles. The van der Waals surface area contributed by atoms with Crippen LogP contribution in [0.1, 0.15) is 30.0 Å². The van der Waals surface area contributed by atoms with Gasteiger partial charge >= 0.3 is 0 Å². The van der Waals surface area contributed by atoms with Crippen molar-refractivity contribution in [2.45, 2.75) is 25.7 Å². The molecule has 0 radical (unpaired) electrons. The molecule has 0 saturated heterocycles. The van der Waals surface area contributed by atoms with Crippen molar-refractivity contribution in [3.8, 4) is 11.4 Å². The zero-order chi connectivity index (χ0) is 12.7. The van der Waals surface area contributed by atoms with Crippen LogP contribution in [-0.2, 0) is 0 Å². The van der Waals surface area contributed by atoms with Gasteiger partial charge in [0.25, 0.3) is 0 Å². The van der Waals surface area contributed by atoms with Crippen LogP contribution in [0.5, 0.6) is 0 Å². The molecule has 3 rings (SSSR count). The standard InChI is InChI=1S/C14H13FN2S/c1-8-6-10(4-5-11(8)15)14-16-12(9-2-3-9)7-13(18)17-14/h4-7,9H,2-3H2,1H3,(H,16,17,18). The molecule has 4 heteroatoms.